The van der Waals surface area contributed by atoms with E-state index in [1.165, 1.54) is 5.75 Å². The standard InChI is InChI=1S/2C10H14N4OS.C9H15NOS/c2*1-7-10(2,6-13-4-3-11-12-13)16-9-5-8(15)14(7)9;1-6-9(2,3)5-12-8-4-7(11)10(6)8/h2*3-4,7,9H,5-6H2,1-2H3;6,8H,4-5H2,1-3H3/t2*7?,9?,10-;/m10./s1. The summed E-state index contributed by atoms with van der Waals surface area (Å²) in [4.78, 5) is 40.3. The van der Waals surface area contributed by atoms with Crippen LogP contribution >= 0.6 is 35.3 Å². The van der Waals surface area contributed by atoms with Crippen LogP contribution in [0.3, 0.4) is 0 Å². The maximum atomic E-state index is 11.5. The van der Waals surface area contributed by atoms with Crippen LogP contribution in [0.25, 0.3) is 0 Å². The molecule has 15 heteroatoms. The van der Waals surface area contributed by atoms with E-state index in [0.717, 1.165) is 19.5 Å². The van der Waals surface area contributed by atoms with E-state index in [4.69, 9.17) is 0 Å². The highest BCUT2D eigenvalue weighted by molar-refractivity contribution is 8.02. The Balaban J connectivity index is 0.000000118. The van der Waals surface area contributed by atoms with Crippen molar-refractivity contribution in [3.05, 3.63) is 24.8 Å². The predicted octanol–water partition coefficient (Wildman–Crippen LogP) is 3.17. The molecule has 6 unspecified atom stereocenters. The monoisotopic (exact) mass is 661 g/mol. The largest absolute Gasteiger partial charge is 0.327 e. The van der Waals surface area contributed by atoms with E-state index in [-0.39, 0.29) is 38.8 Å². The van der Waals surface area contributed by atoms with E-state index >= 15 is 0 Å². The topological polar surface area (TPSA) is 122 Å². The van der Waals surface area contributed by atoms with Gasteiger partial charge in [-0.25, -0.2) is 0 Å². The summed E-state index contributed by atoms with van der Waals surface area (Å²) in [7, 11) is 0. The lowest BCUT2D eigenvalue weighted by molar-refractivity contribution is -0.148. The molecule has 2 aromatic rings. The molecular formula is C29H43N9O3S3. The summed E-state index contributed by atoms with van der Waals surface area (Å²) in [5.41, 5.74) is 0.289. The van der Waals surface area contributed by atoms with Gasteiger partial charge in [-0.15, -0.1) is 45.5 Å². The van der Waals surface area contributed by atoms with Crippen molar-refractivity contribution in [2.75, 3.05) is 5.75 Å². The Hall–Kier alpha value is -2.26. The van der Waals surface area contributed by atoms with Gasteiger partial charge in [0, 0.05) is 36.3 Å². The Morgan fingerprint density at radius 2 is 1.09 bits per heavy atom. The first-order chi connectivity index (χ1) is 20.7. The van der Waals surface area contributed by atoms with Gasteiger partial charge in [-0.3, -0.25) is 23.7 Å². The van der Waals surface area contributed by atoms with Crippen LogP contribution in [0.5, 0.6) is 0 Å². The lowest BCUT2D eigenvalue weighted by Gasteiger charge is -2.54. The predicted molar refractivity (Wildman–Crippen MR) is 172 cm³/mol. The van der Waals surface area contributed by atoms with Crippen molar-refractivity contribution >= 4 is 53.0 Å². The SMILES string of the molecule is CC1N2C(=O)CC2SCC1(C)C.CC1N2C(=O)CC2S[C@@]1(C)Cn1ccnn1.CC1N2C(=O)CC2S[C@]1(C)Cn1ccnn1. The molecule has 0 aromatic carbocycles. The van der Waals surface area contributed by atoms with Crippen LogP contribution in [0.2, 0.25) is 0 Å². The van der Waals surface area contributed by atoms with E-state index in [1.807, 2.05) is 71.7 Å². The molecule has 0 radical (unpaired) electrons. The Labute approximate surface area is 271 Å². The van der Waals surface area contributed by atoms with Crippen LogP contribution in [0.1, 0.15) is 67.7 Å². The number of hydrogen-bond donors (Lipinski definition) is 0. The number of rotatable bonds is 4. The van der Waals surface area contributed by atoms with Gasteiger partial charge < -0.3 is 14.7 Å². The lowest BCUT2D eigenvalue weighted by Crippen LogP contribution is -2.62. The molecule has 12 nitrogen and oxygen atoms in total. The molecule has 8 atom stereocenters. The van der Waals surface area contributed by atoms with Crippen LogP contribution in [0.15, 0.2) is 24.8 Å². The van der Waals surface area contributed by atoms with E-state index in [9.17, 15) is 14.4 Å². The second-order valence-electron chi connectivity index (χ2n) is 13.8. The van der Waals surface area contributed by atoms with Crippen LogP contribution < -0.4 is 0 Å². The van der Waals surface area contributed by atoms with Crippen LogP contribution in [-0.2, 0) is 27.5 Å². The third-order valence-corrected chi connectivity index (χ3v) is 15.4. The molecule has 6 aliphatic heterocycles. The summed E-state index contributed by atoms with van der Waals surface area (Å²) in [6, 6.07) is 0.964. The zero-order valence-corrected chi connectivity index (χ0v) is 28.9. The van der Waals surface area contributed by atoms with Crippen molar-refractivity contribution < 1.29 is 14.4 Å². The Morgan fingerprint density at radius 1 is 0.682 bits per heavy atom. The van der Waals surface area contributed by atoms with Crippen LogP contribution in [0, 0.1) is 5.41 Å². The number of aromatic nitrogens is 6. The highest BCUT2D eigenvalue weighted by Crippen LogP contribution is 2.52. The van der Waals surface area contributed by atoms with E-state index in [0.29, 0.717) is 40.9 Å². The Kier molecular flexibility index (Phi) is 8.30. The normalized spacial score (nSPS) is 37.8. The molecule has 0 spiro atoms. The molecule has 44 heavy (non-hydrogen) atoms. The van der Waals surface area contributed by atoms with Gasteiger partial charge in [-0.05, 0) is 40.0 Å². The molecule has 0 saturated carbocycles. The zero-order chi connectivity index (χ0) is 31.6. The highest BCUT2D eigenvalue weighted by atomic mass is 32.2. The minimum Gasteiger partial charge on any atom is -0.327 e. The maximum Gasteiger partial charge on any atom is 0.226 e. The number of β-lactam (4-membered cyclic amide) rings is 3. The summed E-state index contributed by atoms with van der Waals surface area (Å²) in [5, 5.41) is 16.9. The molecule has 6 fully saturated rings. The fourth-order valence-electron chi connectivity index (χ4n) is 6.77. The van der Waals surface area contributed by atoms with Crippen molar-refractivity contribution in [3.8, 4) is 0 Å². The molecule has 0 aliphatic carbocycles. The van der Waals surface area contributed by atoms with Gasteiger partial charge in [0.25, 0.3) is 0 Å². The van der Waals surface area contributed by atoms with E-state index in [1.54, 1.807) is 12.4 Å². The van der Waals surface area contributed by atoms with Crippen molar-refractivity contribution in [2.24, 2.45) is 5.41 Å². The number of carbonyl (C=O) groups is 3. The molecule has 8 heterocycles. The maximum absolute atomic E-state index is 11.5. The molecule has 0 N–H and O–H groups in total. The van der Waals surface area contributed by atoms with Gasteiger partial charge in [0.1, 0.15) is 0 Å². The van der Waals surface area contributed by atoms with E-state index in [2.05, 4.69) is 69.1 Å². The summed E-state index contributed by atoms with van der Waals surface area (Å²) < 4.78 is 3.79. The molecular weight excluding hydrogens is 619 g/mol. The molecule has 3 amide bonds. The summed E-state index contributed by atoms with van der Waals surface area (Å²) in [6.07, 6.45) is 9.28. The molecule has 6 aliphatic rings. The third kappa shape index (κ3) is 5.54. The smallest absolute Gasteiger partial charge is 0.226 e. The first-order valence-electron chi connectivity index (χ1n) is 15.3. The molecule has 8 rings (SSSR count). The van der Waals surface area contributed by atoms with Gasteiger partial charge in [0.15, 0.2) is 0 Å². The Morgan fingerprint density at radius 3 is 1.43 bits per heavy atom. The quantitative estimate of drug-likeness (QED) is 0.452. The number of nitrogens with zero attached hydrogens (tertiary/aromatic N) is 9. The second kappa shape index (κ2) is 11.5. The fraction of sp³-hybridized carbons (Fsp3) is 0.759. The zero-order valence-electron chi connectivity index (χ0n) is 26.5. The average molecular weight is 662 g/mol. The van der Waals surface area contributed by atoms with Crippen molar-refractivity contribution in [1.29, 1.82) is 0 Å². The van der Waals surface area contributed by atoms with Gasteiger partial charge in [0.2, 0.25) is 17.7 Å². The van der Waals surface area contributed by atoms with Crippen LogP contribution in [-0.4, -0.2) is 112 Å². The summed E-state index contributed by atoms with van der Waals surface area (Å²) in [6.45, 7) is 16.9. The number of amides is 3. The summed E-state index contributed by atoms with van der Waals surface area (Å²) >= 11 is 5.71. The van der Waals surface area contributed by atoms with Crippen molar-refractivity contribution in [3.63, 3.8) is 0 Å². The van der Waals surface area contributed by atoms with E-state index < -0.39 is 0 Å². The average Bonchev–Trinajstić information content (AvgIpc) is 3.70. The molecule has 240 valence electrons. The number of hydrogen-bond acceptors (Lipinski definition) is 10. The molecule has 0 bridgehead atoms. The molecule has 2 aromatic heterocycles. The van der Waals surface area contributed by atoms with Crippen molar-refractivity contribution in [2.45, 2.75) is 125 Å². The van der Waals surface area contributed by atoms with Gasteiger partial charge in [0.05, 0.1) is 70.4 Å². The first-order valence-corrected chi connectivity index (χ1v) is 18.1. The lowest BCUT2D eigenvalue weighted by atomic mass is 9.84. The fourth-order valence-corrected chi connectivity index (χ4v) is 11.9. The highest BCUT2D eigenvalue weighted by Gasteiger charge is 2.57. The van der Waals surface area contributed by atoms with Crippen molar-refractivity contribution in [1.82, 2.24) is 44.7 Å². The second-order valence-corrected chi connectivity index (χ2v) is 18.4. The number of fused-ring (bicyclic) bond motifs is 3. The number of thioether (sulfide) groups is 3. The first kappa shape index (κ1) is 31.7. The third-order valence-electron chi connectivity index (χ3n) is 10.3. The minimum atomic E-state index is 0.0462. The van der Waals surface area contributed by atoms with Gasteiger partial charge in [-0.2, -0.15) is 0 Å². The van der Waals surface area contributed by atoms with Gasteiger partial charge >= 0.3 is 0 Å². The Bertz CT molecular complexity index is 1310. The van der Waals surface area contributed by atoms with Crippen LogP contribution in [0.4, 0.5) is 0 Å². The summed E-state index contributed by atoms with van der Waals surface area (Å²) in [5.74, 6) is 2.09. The minimum absolute atomic E-state index is 0.0462. The molecule has 6 saturated heterocycles. The van der Waals surface area contributed by atoms with Gasteiger partial charge in [-0.1, -0.05) is 24.3 Å². The number of carbonyl (C=O) groups excluding carboxylic acids is 3.